The van der Waals surface area contributed by atoms with Crippen molar-refractivity contribution in [2.24, 2.45) is 11.3 Å². The minimum absolute atomic E-state index is 0.499. The Morgan fingerprint density at radius 3 is 2.20 bits per heavy atom. The van der Waals surface area contributed by atoms with Crippen LogP contribution in [0.4, 0.5) is 0 Å². The fourth-order valence-electron chi connectivity index (χ4n) is 1.23. The van der Waals surface area contributed by atoms with Gasteiger partial charge in [0.05, 0.1) is 0 Å². The molecular weight excluding hydrogens is 142 g/mol. The van der Waals surface area contributed by atoms with Gasteiger partial charge in [0.1, 0.15) is 0 Å². The summed E-state index contributed by atoms with van der Waals surface area (Å²) in [5, 5.41) is 0. The summed E-state index contributed by atoms with van der Waals surface area (Å²) in [7, 11) is 0. The molecule has 10 heavy (non-hydrogen) atoms. The first kappa shape index (κ1) is 8.41. The molecule has 1 nitrogen and oxygen atoms in total. The highest BCUT2D eigenvalue weighted by Gasteiger charge is 2.34. The maximum Gasteiger partial charge on any atom is 0.0414 e. The summed E-state index contributed by atoms with van der Waals surface area (Å²) < 4.78 is 0. The van der Waals surface area contributed by atoms with Crippen LogP contribution in [-0.4, -0.2) is 23.9 Å². The van der Waals surface area contributed by atoms with E-state index in [2.05, 4.69) is 38.3 Å². The molecule has 0 atom stereocenters. The Morgan fingerprint density at radius 1 is 1.40 bits per heavy atom. The van der Waals surface area contributed by atoms with Gasteiger partial charge in [-0.2, -0.15) is 12.6 Å². The summed E-state index contributed by atoms with van der Waals surface area (Å²) in [4.78, 5) is 2.36. The summed E-state index contributed by atoms with van der Waals surface area (Å²) in [6.07, 6.45) is 0. The molecule has 0 aromatic heterocycles. The highest BCUT2D eigenvalue weighted by atomic mass is 32.1. The van der Waals surface area contributed by atoms with E-state index in [0.29, 0.717) is 5.41 Å². The third-order valence-corrected chi connectivity index (χ3v) is 2.78. The van der Waals surface area contributed by atoms with Gasteiger partial charge in [-0.25, -0.2) is 0 Å². The Bertz CT molecular complexity index is 111. The van der Waals surface area contributed by atoms with Crippen LogP contribution in [0.5, 0.6) is 0 Å². The lowest BCUT2D eigenvalue weighted by Crippen LogP contribution is -2.51. The molecule has 60 valence electrons. The van der Waals surface area contributed by atoms with Crippen LogP contribution in [0.3, 0.4) is 0 Å². The molecule has 1 saturated heterocycles. The number of nitrogens with zero attached hydrogens (tertiary/aromatic N) is 1. The van der Waals surface area contributed by atoms with E-state index in [9.17, 15) is 0 Å². The molecule has 1 aliphatic rings. The van der Waals surface area contributed by atoms with E-state index < -0.39 is 0 Å². The zero-order valence-corrected chi connectivity index (χ0v) is 7.99. The van der Waals surface area contributed by atoms with Crippen molar-refractivity contribution < 1.29 is 0 Å². The zero-order valence-electron chi connectivity index (χ0n) is 7.09. The molecule has 0 unspecified atom stereocenters. The van der Waals surface area contributed by atoms with Gasteiger partial charge in [-0.05, 0) is 11.3 Å². The highest BCUT2D eigenvalue weighted by molar-refractivity contribution is 7.80. The van der Waals surface area contributed by atoms with Gasteiger partial charge in [0.25, 0.3) is 0 Å². The van der Waals surface area contributed by atoms with Gasteiger partial charge in [-0.3, -0.25) is 4.90 Å². The van der Waals surface area contributed by atoms with E-state index in [1.165, 1.54) is 13.1 Å². The van der Waals surface area contributed by atoms with E-state index in [0.717, 1.165) is 11.8 Å². The third kappa shape index (κ3) is 1.67. The van der Waals surface area contributed by atoms with Crippen LogP contribution >= 0.6 is 12.6 Å². The topological polar surface area (TPSA) is 3.24 Å². The van der Waals surface area contributed by atoms with Gasteiger partial charge in [-0.1, -0.05) is 20.8 Å². The normalized spacial score (nSPS) is 22.8. The van der Waals surface area contributed by atoms with E-state index in [1.807, 2.05) is 0 Å². The molecule has 1 fully saturated rings. The maximum absolute atomic E-state index is 4.21. The predicted octanol–water partition coefficient (Wildman–Crippen LogP) is 1.85. The average Bonchev–Trinajstić information content (AvgIpc) is 1.57. The van der Waals surface area contributed by atoms with Crippen molar-refractivity contribution in [3.05, 3.63) is 0 Å². The van der Waals surface area contributed by atoms with Crippen LogP contribution < -0.4 is 0 Å². The van der Waals surface area contributed by atoms with Crippen molar-refractivity contribution >= 4 is 12.6 Å². The summed E-state index contributed by atoms with van der Waals surface area (Å²) in [6.45, 7) is 9.43. The van der Waals surface area contributed by atoms with Gasteiger partial charge in [0.15, 0.2) is 0 Å². The lowest BCUT2D eigenvalue weighted by molar-refractivity contribution is 0.0411. The Kier molecular flexibility index (Phi) is 2.31. The number of rotatable bonds is 1. The van der Waals surface area contributed by atoms with Gasteiger partial charge in [0.2, 0.25) is 0 Å². The van der Waals surface area contributed by atoms with Gasteiger partial charge in [-0.15, -0.1) is 0 Å². The predicted molar refractivity (Wildman–Crippen MR) is 48.4 cm³/mol. The molecule has 2 heteroatoms. The van der Waals surface area contributed by atoms with Crippen LogP contribution in [0.1, 0.15) is 20.8 Å². The molecule has 1 rings (SSSR count). The van der Waals surface area contributed by atoms with Crippen molar-refractivity contribution in [1.29, 1.82) is 0 Å². The third-order valence-electron chi connectivity index (χ3n) is 2.38. The smallest absolute Gasteiger partial charge is 0.0414 e. The molecule has 0 aromatic carbocycles. The second kappa shape index (κ2) is 2.74. The molecule has 0 aromatic rings. The molecule has 0 radical (unpaired) electrons. The van der Waals surface area contributed by atoms with Gasteiger partial charge in [0, 0.05) is 19.0 Å². The first-order chi connectivity index (χ1) is 4.54. The van der Waals surface area contributed by atoms with E-state index >= 15 is 0 Å². The van der Waals surface area contributed by atoms with Crippen molar-refractivity contribution in [2.45, 2.75) is 20.8 Å². The lowest BCUT2D eigenvalue weighted by atomic mass is 9.76. The van der Waals surface area contributed by atoms with Crippen LogP contribution in [-0.2, 0) is 0 Å². The Balaban J connectivity index is 2.26. The second-order valence-corrected chi connectivity index (χ2v) is 4.52. The monoisotopic (exact) mass is 159 g/mol. The molecule has 0 N–H and O–H groups in total. The standard InChI is InChI=1S/C8H17NS/c1-8(2,3)7-4-9(5-7)6-10/h7,10H,4-6H2,1-3H3. The minimum Gasteiger partial charge on any atom is -0.294 e. The van der Waals surface area contributed by atoms with Crippen LogP contribution in [0, 0.1) is 11.3 Å². The van der Waals surface area contributed by atoms with E-state index in [4.69, 9.17) is 0 Å². The summed E-state index contributed by atoms with van der Waals surface area (Å²) >= 11 is 4.21. The van der Waals surface area contributed by atoms with Crippen LogP contribution in [0.25, 0.3) is 0 Å². The van der Waals surface area contributed by atoms with Crippen LogP contribution in [0.15, 0.2) is 0 Å². The fraction of sp³-hybridized carbons (Fsp3) is 1.00. The van der Waals surface area contributed by atoms with Crippen molar-refractivity contribution in [1.82, 2.24) is 4.90 Å². The van der Waals surface area contributed by atoms with Gasteiger partial charge < -0.3 is 0 Å². The highest BCUT2D eigenvalue weighted by Crippen LogP contribution is 2.33. The first-order valence-corrected chi connectivity index (χ1v) is 4.50. The Morgan fingerprint density at radius 2 is 1.90 bits per heavy atom. The van der Waals surface area contributed by atoms with E-state index in [1.54, 1.807) is 0 Å². The number of hydrogen-bond acceptors (Lipinski definition) is 2. The largest absolute Gasteiger partial charge is 0.294 e. The molecule has 1 heterocycles. The van der Waals surface area contributed by atoms with Gasteiger partial charge >= 0.3 is 0 Å². The number of thiol groups is 1. The molecule has 0 spiro atoms. The quantitative estimate of drug-likeness (QED) is 0.571. The summed E-state index contributed by atoms with van der Waals surface area (Å²) in [5.41, 5.74) is 0.499. The summed E-state index contributed by atoms with van der Waals surface area (Å²) in [6, 6.07) is 0. The fourth-order valence-corrected chi connectivity index (χ4v) is 1.46. The maximum atomic E-state index is 4.21. The zero-order chi connectivity index (χ0) is 7.78. The average molecular weight is 159 g/mol. The molecule has 1 aliphatic heterocycles. The Hall–Kier alpha value is 0.310. The Labute approximate surface area is 69.2 Å². The SMILES string of the molecule is CC(C)(C)C1CN(CS)C1. The van der Waals surface area contributed by atoms with Crippen molar-refractivity contribution in [3.8, 4) is 0 Å². The first-order valence-electron chi connectivity index (χ1n) is 3.87. The van der Waals surface area contributed by atoms with Crippen molar-refractivity contribution in [2.75, 3.05) is 19.0 Å². The molecule has 0 aliphatic carbocycles. The van der Waals surface area contributed by atoms with E-state index in [-0.39, 0.29) is 0 Å². The van der Waals surface area contributed by atoms with Crippen LogP contribution in [0.2, 0.25) is 0 Å². The summed E-state index contributed by atoms with van der Waals surface area (Å²) in [5.74, 6) is 1.81. The number of likely N-dealkylation sites (tertiary alicyclic amines) is 1. The minimum atomic E-state index is 0.499. The molecular formula is C8H17NS. The molecule has 0 amide bonds. The molecule has 0 saturated carbocycles. The number of hydrogen-bond donors (Lipinski definition) is 1. The van der Waals surface area contributed by atoms with Crippen molar-refractivity contribution in [3.63, 3.8) is 0 Å². The second-order valence-electron chi connectivity index (χ2n) is 4.24. The molecule has 0 bridgehead atoms. The lowest BCUT2D eigenvalue weighted by Gasteiger charge is -2.45.